The third kappa shape index (κ3) is 71.1. The van der Waals surface area contributed by atoms with Gasteiger partial charge in [-0.05, 0) is 167 Å². The first-order chi connectivity index (χ1) is 48.7. The van der Waals surface area contributed by atoms with Crippen molar-refractivity contribution < 1.29 is 80.2 Å². The second-order valence-electron chi connectivity index (χ2n) is 24.4. The van der Waals surface area contributed by atoms with Gasteiger partial charge in [-0.1, -0.05) is 237 Å². The monoisotopic (exact) mass is 1440 g/mol. The van der Waals surface area contributed by atoms with Crippen molar-refractivity contribution in [2.24, 2.45) is 0 Å². The van der Waals surface area contributed by atoms with Crippen molar-refractivity contribution in [3.05, 3.63) is 158 Å². The van der Waals surface area contributed by atoms with Gasteiger partial charge in [0.25, 0.3) is 0 Å². The van der Waals surface area contributed by atoms with Gasteiger partial charge in [-0.25, -0.2) is 9.13 Å². The molecular weight excluding hydrogens is 1310 g/mol. The molecule has 0 fully saturated rings. The second kappa shape index (κ2) is 72.0. The minimum absolute atomic E-state index is 0.0597. The summed E-state index contributed by atoms with van der Waals surface area (Å²) >= 11 is 0. The molecule has 0 radical (unpaired) electrons. The number of hydrogen-bond donors (Lipinski definition) is 3. The number of hydrogen-bond acceptors (Lipinski definition) is 15. The lowest BCUT2D eigenvalue weighted by molar-refractivity contribution is -0.161. The number of carbonyl (C=O) groups excluding carboxylic acids is 4. The SMILES string of the molecule is CC/C=C\C/C=C\C/C=C\C/C=C\CCCCC(=O)OCC(COP(=O)(O)OCC(O)COP(=O)(O)OCC(COC(=O)CCCC/C=C\C/C=C\C/C=C\C/C=C\CC)OC(=O)CCCCCCC/C=C\C/C=C\CCCCC)OC(=O)CCCCCCC/C=C\C/C=C\C/C=C\CC. The summed E-state index contributed by atoms with van der Waals surface area (Å²) in [4.78, 5) is 72.8. The molecule has 5 atom stereocenters. The molecule has 0 amide bonds. The fourth-order valence-corrected chi connectivity index (χ4v) is 10.9. The Morgan fingerprint density at radius 1 is 0.290 bits per heavy atom. The summed E-state index contributed by atoms with van der Waals surface area (Å²) in [6, 6.07) is 0. The summed E-state index contributed by atoms with van der Waals surface area (Å²) in [5, 5.41) is 10.6. The molecule has 0 aliphatic carbocycles. The summed E-state index contributed by atoms with van der Waals surface area (Å²) in [5.41, 5.74) is 0. The maximum absolute atomic E-state index is 13.1. The van der Waals surface area contributed by atoms with Gasteiger partial charge in [0, 0.05) is 25.7 Å². The van der Waals surface area contributed by atoms with Crippen LogP contribution in [0.4, 0.5) is 0 Å². The lowest BCUT2D eigenvalue weighted by Crippen LogP contribution is -2.30. The van der Waals surface area contributed by atoms with Crippen molar-refractivity contribution in [2.75, 3.05) is 39.6 Å². The van der Waals surface area contributed by atoms with Crippen LogP contribution in [0.1, 0.15) is 272 Å². The van der Waals surface area contributed by atoms with E-state index in [1.807, 2.05) is 0 Å². The Morgan fingerprint density at radius 3 is 0.820 bits per heavy atom. The van der Waals surface area contributed by atoms with Gasteiger partial charge in [0.05, 0.1) is 26.4 Å². The maximum atomic E-state index is 13.1. The Hall–Kier alpha value is -5.32. The molecule has 17 nitrogen and oxygen atoms in total. The van der Waals surface area contributed by atoms with E-state index in [1.54, 1.807) is 0 Å². The van der Waals surface area contributed by atoms with Gasteiger partial charge in [0.2, 0.25) is 0 Å². The number of allylic oxidation sites excluding steroid dienone is 26. The fraction of sp³-hybridized carbons (Fsp3) is 0.630. The molecule has 0 saturated carbocycles. The zero-order valence-corrected chi connectivity index (χ0v) is 63.6. The van der Waals surface area contributed by atoms with Crippen LogP contribution in [0.5, 0.6) is 0 Å². The number of phosphoric ester groups is 2. The molecule has 100 heavy (non-hydrogen) atoms. The largest absolute Gasteiger partial charge is 0.472 e. The molecular formula is C81H132O17P2. The van der Waals surface area contributed by atoms with Crippen LogP contribution in [0.2, 0.25) is 0 Å². The van der Waals surface area contributed by atoms with Crippen molar-refractivity contribution in [1.29, 1.82) is 0 Å². The molecule has 0 saturated heterocycles. The van der Waals surface area contributed by atoms with Crippen LogP contribution in [-0.4, -0.2) is 96.7 Å². The number of phosphoric acid groups is 2. The molecule has 5 unspecified atom stereocenters. The van der Waals surface area contributed by atoms with Gasteiger partial charge in [-0.3, -0.25) is 37.3 Å². The lowest BCUT2D eigenvalue weighted by Gasteiger charge is -2.21. The highest BCUT2D eigenvalue weighted by Gasteiger charge is 2.30. The number of rotatable bonds is 69. The van der Waals surface area contributed by atoms with Gasteiger partial charge >= 0.3 is 39.5 Å². The normalized spacial score (nSPS) is 14.8. The van der Waals surface area contributed by atoms with Crippen molar-refractivity contribution in [1.82, 2.24) is 0 Å². The highest BCUT2D eigenvalue weighted by atomic mass is 31.2. The molecule has 0 aromatic rings. The third-order valence-electron chi connectivity index (χ3n) is 15.0. The predicted octanol–water partition coefficient (Wildman–Crippen LogP) is 21.7. The molecule has 0 aliphatic heterocycles. The zero-order valence-electron chi connectivity index (χ0n) is 61.8. The molecule has 3 N–H and O–H groups in total. The van der Waals surface area contributed by atoms with Crippen LogP contribution < -0.4 is 0 Å². The number of ether oxygens (including phenoxy) is 4. The van der Waals surface area contributed by atoms with E-state index >= 15 is 0 Å². The maximum Gasteiger partial charge on any atom is 0.472 e. The Labute approximate surface area is 604 Å². The number of carbonyl (C=O) groups is 4. The standard InChI is InChI=1S/C81H132O17P2/c1-5-9-13-17-21-25-29-33-37-41-45-49-53-57-61-65-78(83)91-71-76(97-80(85)67-63-59-55-51-47-43-39-35-31-27-23-19-15-11-7-3)73-95-99(87,88)93-69-75(82)70-94-100(89,90)96-74-77(98-81(86)68-64-60-56-52-48-44-40-36-32-28-24-20-16-12-8-4)72-92-79(84)66-62-58-54-50-46-42-38-34-30-26-22-18-14-10-6-2/h9-11,13-15,21-28,33-40,45-46,49-50,75-77,82H,5-8,12,16-20,29-32,41-44,47-48,51-74H2,1-4H3,(H,87,88)(H,89,90)/b13-9-,14-10-,15-11-,25-21-,26-22-,27-23-,28-24-,37-33-,38-34-,39-35-,40-36-,49-45-,50-46-. The van der Waals surface area contributed by atoms with E-state index in [0.29, 0.717) is 25.7 Å². The molecule has 568 valence electrons. The molecule has 0 aromatic heterocycles. The highest BCUT2D eigenvalue weighted by Crippen LogP contribution is 2.45. The first-order valence-electron chi connectivity index (χ1n) is 37.7. The second-order valence-corrected chi connectivity index (χ2v) is 27.3. The summed E-state index contributed by atoms with van der Waals surface area (Å²) in [5.74, 6) is -2.32. The summed E-state index contributed by atoms with van der Waals surface area (Å²) < 4.78 is 68.4. The van der Waals surface area contributed by atoms with Crippen LogP contribution in [-0.2, 0) is 65.4 Å². The molecule has 0 heterocycles. The van der Waals surface area contributed by atoms with E-state index in [-0.39, 0.29) is 25.7 Å². The smallest absolute Gasteiger partial charge is 0.462 e. The molecule has 0 rings (SSSR count). The van der Waals surface area contributed by atoms with Crippen LogP contribution in [0.3, 0.4) is 0 Å². The van der Waals surface area contributed by atoms with Crippen molar-refractivity contribution >= 4 is 39.5 Å². The molecule has 0 spiro atoms. The fourth-order valence-electron chi connectivity index (χ4n) is 9.30. The number of aliphatic hydroxyl groups excluding tert-OH is 1. The molecule has 0 bridgehead atoms. The third-order valence-corrected chi connectivity index (χ3v) is 16.9. The Bertz CT molecular complexity index is 2520. The van der Waals surface area contributed by atoms with Gasteiger partial charge in [-0.2, -0.15) is 0 Å². The lowest BCUT2D eigenvalue weighted by atomic mass is 10.1. The van der Waals surface area contributed by atoms with Crippen molar-refractivity contribution in [3.8, 4) is 0 Å². The Morgan fingerprint density at radius 2 is 0.520 bits per heavy atom. The summed E-state index contributed by atoms with van der Waals surface area (Å²) in [6.07, 6.45) is 82.4. The minimum Gasteiger partial charge on any atom is -0.462 e. The first kappa shape index (κ1) is 94.7. The van der Waals surface area contributed by atoms with E-state index in [9.17, 15) is 43.2 Å². The number of unbranched alkanes of at least 4 members (excludes halogenated alkanes) is 17. The summed E-state index contributed by atoms with van der Waals surface area (Å²) in [6.45, 7) is 4.35. The number of esters is 4. The van der Waals surface area contributed by atoms with E-state index in [2.05, 4.69) is 186 Å². The van der Waals surface area contributed by atoms with E-state index in [1.165, 1.54) is 19.3 Å². The molecule has 0 aliphatic rings. The van der Waals surface area contributed by atoms with E-state index in [0.717, 1.165) is 173 Å². The average Bonchev–Trinajstić information content (AvgIpc) is 1.01. The topological polar surface area (TPSA) is 237 Å². The quantitative estimate of drug-likeness (QED) is 0.0169. The van der Waals surface area contributed by atoms with Crippen molar-refractivity contribution in [3.63, 3.8) is 0 Å². The van der Waals surface area contributed by atoms with Crippen LogP contribution >= 0.6 is 15.6 Å². The first-order valence-corrected chi connectivity index (χ1v) is 40.7. The van der Waals surface area contributed by atoms with Gasteiger partial charge < -0.3 is 33.8 Å². The minimum atomic E-state index is -5.00. The highest BCUT2D eigenvalue weighted by molar-refractivity contribution is 7.47. The Kier molecular flexibility index (Phi) is 68.2. The zero-order chi connectivity index (χ0) is 73.2. The van der Waals surface area contributed by atoms with Gasteiger partial charge in [0.1, 0.15) is 19.3 Å². The average molecular weight is 1440 g/mol. The van der Waals surface area contributed by atoms with Gasteiger partial charge in [-0.15, -0.1) is 0 Å². The Balaban J connectivity index is 5.47. The van der Waals surface area contributed by atoms with E-state index in [4.69, 9.17) is 37.0 Å². The van der Waals surface area contributed by atoms with Crippen molar-refractivity contribution in [2.45, 2.75) is 290 Å². The number of aliphatic hydroxyl groups is 1. The molecule has 0 aromatic carbocycles. The van der Waals surface area contributed by atoms with Crippen LogP contribution in [0.15, 0.2) is 158 Å². The summed E-state index contributed by atoms with van der Waals surface area (Å²) in [7, 11) is -9.99. The van der Waals surface area contributed by atoms with E-state index < -0.39 is 97.5 Å². The van der Waals surface area contributed by atoms with Gasteiger partial charge in [0.15, 0.2) is 12.2 Å². The van der Waals surface area contributed by atoms with Crippen LogP contribution in [0, 0.1) is 0 Å². The van der Waals surface area contributed by atoms with Crippen LogP contribution in [0.25, 0.3) is 0 Å². The molecule has 19 heteroatoms. The predicted molar refractivity (Wildman–Crippen MR) is 408 cm³/mol.